The molecule has 29 heavy (non-hydrogen) atoms. The lowest BCUT2D eigenvalue weighted by Gasteiger charge is -2.33. The molecule has 0 radical (unpaired) electrons. The summed E-state index contributed by atoms with van der Waals surface area (Å²) in [6, 6.07) is 17.8. The van der Waals surface area contributed by atoms with Crippen LogP contribution >= 0.6 is 11.8 Å². The van der Waals surface area contributed by atoms with E-state index in [0.717, 1.165) is 10.9 Å². The smallest absolute Gasteiger partial charge is 0.234 e. The van der Waals surface area contributed by atoms with Crippen molar-refractivity contribution in [3.8, 4) is 5.75 Å². The van der Waals surface area contributed by atoms with Gasteiger partial charge in [0.1, 0.15) is 5.75 Å². The van der Waals surface area contributed by atoms with Crippen LogP contribution in [0.15, 0.2) is 59.6 Å². The Morgan fingerprint density at radius 3 is 2.52 bits per heavy atom. The fraction of sp³-hybridized carbons (Fsp3) is 0.391. The van der Waals surface area contributed by atoms with Gasteiger partial charge in [-0.05, 0) is 37.1 Å². The quantitative estimate of drug-likeness (QED) is 0.516. The number of amidine groups is 1. The lowest BCUT2D eigenvalue weighted by molar-refractivity contribution is -0.113. The summed E-state index contributed by atoms with van der Waals surface area (Å²) in [7, 11) is 3.70. The summed E-state index contributed by atoms with van der Waals surface area (Å²) in [5.74, 6) is 0.876. The first-order chi connectivity index (χ1) is 14.2. The number of methoxy groups -OCH3 is 1. The first-order valence-electron chi connectivity index (χ1n) is 10.1. The number of hydrogen-bond donors (Lipinski definition) is 1. The number of aliphatic imine (C=N–C) groups is 1. The molecule has 1 saturated carbocycles. The average molecular weight is 412 g/mol. The maximum absolute atomic E-state index is 12.6. The molecule has 0 saturated heterocycles. The number of carbonyl (C=O) groups excluding carboxylic acids is 1. The highest BCUT2D eigenvalue weighted by atomic mass is 32.2. The zero-order valence-electron chi connectivity index (χ0n) is 17.1. The van der Waals surface area contributed by atoms with Crippen molar-refractivity contribution in [3.05, 3.63) is 54.6 Å². The maximum atomic E-state index is 12.6. The van der Waals surface area contributed by atoms with Gasteiger partial charge in [-0.1, -0.05) is 61.4 Å². The summed E-state index contributed by atoms with van der Waals surface area (Å²) in [5, 5.41) is 3.83. The molecule has 0 unspecified atom stereocenters. The van der Waals surface area contributed by atoms with E-state index in [1.807, 2.05) is 54.6 Å². The molecule has 6 heteroatoms. The van der Waals surface area contributed by atoms with E-state index >= 15 is 0 Å². The first-order valence-corrected chi connectivity index (χ1v) is 11.1. The van der Waals surface area contributed by atoms with Crippen LogP contribution in [0.4, 0.5) is 11.4 Å². The number of thioether (sulfide) groups is 1. The Kier molecular flexibility index (Phi) is 7.99. The van der Waals surface area contributed by atoms with Gasteiger partial charge in [0.05, 0.1) is 24.2 Å². The number of nitrogens with one attached hydrogen (secondary N) is 1. The summed E-state index contributed by atoms with van der Waals surface area (Å²) >= 11 is 1.48. The topological polar surface area (TPSA) is 53.9 Å². The standard InChI is InChI=1S/C23H29N3O2S/c1-26(19-13-7-4-8-14-19)23(24-18-11-5-3-6-12-18)29-17-22(27)25-20-15-9-10-16-21(20)28-2/h3,5-6,9-12,15-16,19H,4,7-8,13-14,17H2,1-2H3,(H,25,27). The van der Waals surface area contributed by atoms with Crippen molar-refractivity contribution in [2.24, 2.45) is 4.99 Å². The zero-order chi connectivity index (χ0) is 20.5. The summed E-state index contributed by atoms with van der Waals surface area (Å²) in [6.07, 6.45) is 6.18. The van der Waals surface area contributed by atoms with E-state index in [2.05, 4.69) is 17.3 Å². The molecule has 5 nitrogen and oxygen atoms in total. The zero-order valence-corrected chi connectivity index (χ0v) is 18.0. The van der Waals surface area contributed by atoms with Crippen LogP contribution in [0.5, 0.6) is 5.75 Å². The Balaban J connectivity index is 1.69. The van der Waals surface area contributed by atoms with Gasteiger partial charge in [-0.2, -0.15) is 0 Å². The van der Waals surface area contributed by atoms with E-state index < -0.39 is 0 Å². The number of carbonyl (C=O) groups is 1. The Hall–Kier alpha value is -2.47. The summed E-state index contributed by atoms with van der Waals surface area (Å²) < 4.78 is 5.31. The Morgan fingerprint density at radius 2 is 1.79 bits per heavy atom. The third-order valence-corrected chi connectivity index (χ3v) is 6.16. The molecule has 2 aromatic rings. The molecule has 0 spiro atoms. The van der Waals surface area contributed by atoms with Crippen molar-refractivity contribution < 1.29 is 9.53 Å². The summed E-state index contributed by atoms with van der Waals surface area (Å²) in [5.41, 5.74) is 1.59. The van der Waals surface area contributed by atoms with Crippen molar-refractivity contribution in [3.63, 3.8) is 0 Å². The van der Waals surface area contributed by atoms with Crippen LogP contribution in [0.1, 0.15) is 32.1 Å². The van der Waals surface area contributed by atoms with Crippen LogP contribution in [0, 0.1) is 0 Å². The molecule has 0 atom stereocenters. The van der Waals surface area contributed by atoms with Crippen molar-refractivity contribution in [2.45, 2.75) is 38.1 Å². The molecular weight excluding hydrogens is 382 g/mol. The number of ether oxygens (including phenoxy) is 1. The van der Waals surface area contributed by atoms with Gasteiger partial charge < -0.3 is 15.0 Å². The minimum Gasteiger partial charge on any atom is -0.495 e. The Bertz CT molecular complexity index is 820. The first kappa shape index (κ1) is 21.2. The molecule has 1 aliphatic rings. The monoisotopic (exact) mass is 411 g/mol. The van der Waals surface area contributed by atoms with Crippen LogP contribution < -0.4 is 10.1 Å². The van der Waals surface area contributed by atoms with Crippen LogP contribution in [0.3, 0.4) is 0 Å². The summed E-state index contributed by atoms with van der Waals surface area (Å²) in [6.45, 7) is 0. The number of hydrogen-bond acceptors (Lipinski definition) is 4. The second-order valence-electron chi connectivity index (χ2n) is 7.17. The number of anilines is 1. The van der Waals surface area contributed by atoms with Crippen molar-refractivity contribution in [2.75, 3.05) is 25.2 Å². The molecule has 0 aromatic heterocycles. The number of rotatable bonds is 6. The van der Waals surface area contributed by atoms with Crippen LogP contribution in [-0.2, 0) is 4.79 Å². The van der Waals surface area contributed by atoms with Crippen molar-refractivity contribution in [1.82, 2.24) is 4.90 Å². The highest BCUT2D eigenvalue weighted by Crippen LogP contribution is 2.27. The fourth-order valence-corrected chi connectivity index (χ4v) is 4.37. The molecule has 1 N–H and O–H groups in total. The second kappa shape index (κ2) is 10.9. The molecular formula is C23H29N3O2S. The SMILES string of the molecule is COc1ccccc1NC(=O)CSC(=Nc1ccccc1)N(C)C1CCCCC1. The van der Waals surface area contributed by atoms with E-state index in [1.54, 1.807) is 7.11 Å². The van der Waals surface area contributed by atoms with Crippen LogP contribution in [-0.4, -0.2) is 41.9 Å². The predicted molar refractivity (Wildman–Crippen MR) is 122 cm³/mol. The van der Waals surface area contributed by atoms with Gasteiger partial charge in [0, 0.05) is 13.1 Å². The predicted octanol–water partition coefficient (Wildman–Crippen LogP) is 5.32. The van der Waals surface area contributed by atoms with Crippen LogP contribution in [0.25, 0.3) is 0 Å². The Labute approximate surface area is 177 Å². The molecule has 0 bridgehead atoms. The van der Waals surface area contributed by atoms with Crippen molar-refractivity contribution in [1.29, 1.82) is 0 Å². The molecule has 3 rings (SSSR count). The van der Waals surface area contributed by atoms with Gasteiger partial charge >= 0.3 is 0 Å². The second-order valence-corrected chi connectivity index (χ2v) is 8.11. The Morgan fingerprint density at radius 1 is 1.10 bits per heavy atom. The highest BCUT2D eigenvalue weighted by molar-refractivity contribution is 8.14. The number of nitrogens with zero attached hydrogens (tertiary/aromatic N) is 2. The molecule has 2 aromatic carbocycles. The van der Waals surface area contributed by atoms with Crippen LogP contribution in [0.2, 0.25) is 0 Å². The summed E-state index contributed by atoms with van der Waals surface area (Å²) in [4.78, 5) is 19.7. The molecule has 154 valence electrons. The van der Waals surface area contributed by atoms with E-state index in [-0.39, 0.29) is 5.91 Å². The normalized spacial score (nSPS) is 15.0. The largest absolute Gasteiger partial charge is 0.495 e. The molecule has 1 aliphatic carbocycles. The molecule has 0 aliphatic heterocycles. The third kappa shape index (κ3) is 6.26. The van der Waals surface area contributed by atoms with E-state index in [0.29, 0.717) is 23.2 Å². The van der Waals surface area contributed by atoms with Gasteiger partial charge in [-0.15, -0.1) is 0 Å². The molecule has 0 heterocycles. The van der Waals surface area contributed by atoms with Gasteiger partial charge in [0.25, 0.3) is 0 Å². The number of benzene rings is 2. The lowest BCUT2D eigenvalue weighted by atomic mass is 9.95. The van der Waals surface area contributed by atoms with Gasteiger partial charge in [0.15, 0.2) is 5.17 Å². The number of para-hydroxylation sites is 3. The van der Waals surface area contributed by atoms with Gasteiger partial charge in [0.2, 0.25) is 5.91 Å². The lowest BCUT2D eigenvalue weighted by Crippen LogP contribution is -2.37. The minimum atomic E-state index is -0.0719. The van der Waals surface area contributed by atoms with E-state index in [4.69, 9.17) is 9.73 Å². The molecule has 1 fully saturated rings. The maximum Gasteiger partial charge on any atom is 0.234 e. The highest BCUT2D eigenvalue weighted by Gasteiger charge is 2.22. The average Bonchev–Trinajstić information content (AvgIpc) is 2.78. The third-order valence-electron chi connectivity index (χ3n) is 5.12. The van der Waals surface area contributed by atoms with Gasteiger partial charge in [-0.25, -0.2) is 4.99 Å². The minimum absolute atomic E-state index is 0.0719. The molecule has 1 amide bonds. The number of amides is 1. The van der Waals surface area contributed by atoms with Gasteiger partial charge in [-0.3, -0.25) is 4.79 Å². The van der Waals surface area contributed by atoms with Crippen molar-refractivity contribution >= 4 is 34.2 Å². The van der Waals surface area contributed by atoms with E-state index in [1.165, 1.54) is 43.9 Å². The fourth-order valence-electron chi connectivity index (χ4n) is 3.51. The van der Waals surface area contributed by atoms with E-state index in [9.17, 15) is 4.79 Å².